The van der Waals surface area contributed by atoms with Gasteiger partial charge < -0.3 is 9.84 Å². The topological polar surface area (TPSA) is 29.5 Å². The van der Waals surface area contributed by atoms with Crippen LogP contribution < -0.4 is 4.74 Å². The minimum Gasteiger partial charge on any atom is -0.489 e. The summed E-state index contributed by atoms with van der Waals surface area (Å²) in [6.07, 6.45) is 2.75. The molecule has 0 radical (unpaired) electrons. The van der Waals surface area contributed by atoms with Crippen LogP contribution in [0.1, 0.15) is 30.4 Å². The average molecular weight is 254 g/mol. The van der Waals surface area contributed by atoms with Gasteiger partial charge in [0.2, 0.25) is 0 Å². The van der Waals surface area contributed by atoms with E-state index in [1.165, 1.54) is 0 Å². The van der Waals surface area contributed by atoms with Gasteiger partial charge in [-0.3, -0.25) is 0 Å². The molecule has 0 amide bonds. The zero-order valence-corrected chi connectivity index (χ0v) is 10.9. The Labute approximate surface area is 113 Å². The number of aliphatic hydroxyl groups is 1. The van der Waals surface area contributed by atoms with Crippen LogP contribution in [0.2, 0.25) is 0 Å². The molecule has 2 aromatic carbocycles. The normalized spacial score (nSPS) is 16.7. The van der Waals surface area contributed by atoms with Crippen molar-refractivity contribution >= 4 is 0 Å². The second kappa shape index (κ2) is 5.06. The Morgan fingerprint density at radius 1 is 0.947 bits per heavy atom. The van der Waals surface area contributed by atoms with Crippen molar-refractivity contribution in [3.63, 3.8) is 0 Å². The Kier molecular flexibility index (Phi) is 3.26. The van der Waals surface area contributed by atoms with Crippen molar-refractivity contribution in [3.05, 3.63) is 65.7 Å². The molecule has 0 unspecified atom stereocenters. The van der Waals surface area contributed by atoms with Crippen molar-refractivity contribution in [1.29, 1.82) is 0 Å². The standard InChI is InChI=1S/C17H18O2/c18-17(11-6-12-17)15-9-4-5-10-16(15)19-13-14-7-2-1-3-8-14/h1-5,7-10,18H,6,11-13H2. The monoisotopic (exact) mass is 254 g/mol. The van der Waals surface area contributed by atoms with Crippen molar-refractivity contribution < 1.29 is 9.84 Å². The Balaban J connectivity index is 1.78. The maximum Gasteiger partial charge on any atom is 0.125 e. The van der Waals surface area contributed by atoms with Gasteiger partial charge in [-0.15, -0.1) is 0 Å². The highest BCUT2D eigenvalue weighted by Gasteiger charge is 2.38. The number of para-hydroxylation sites is 1. The molecule has 0 bridgehead atoms. The van der Waals surface area contributed by atoms with E-state index in [0.717, 1.165) is 36.1 Å². The summed E-state index contributed by atoms with van der Waals surface area (Å²) in [7, 11) is 0. The van der Waals surface area contributed by atoms with Gasteiger partial charge in [0, 0.05) is 5.56 Å². The van der Waals surface area contributed by atoms with E-state index in [9.17, 15) is 5.11 Å². The van der Waals surface area contributed by atoms with Crippen LogP contribution in [-0.4, -0.2) is 5.11 Å². The molecule has 0 atom stereocenters. The highest BCUT2D eigenvalue weighted by atomic mass is 16.5. The van der Waals surface area contributed by atoms with E-state index < -0.39 is 5.60 Å². The second-order valence-electron chi connectivity index (χ2n) is 5.16. The molecule has 3 rings (SSSR count). The Morgan fingerprint density at radius 3 is 2.32 bits per heavy atom. The van der Waals surface area contributed by atoms with Crippen LogP contribution in [0.5, 0.6) is 5.75 Å². The highest BCUT2D eigenvalue weighted by Crippen LogP contribution is 2.44. The van der Waals surface area contributed by atoms with Gasteiger partial charge in [0.05, 0.1) is 5.60 Å². The fourth-order valence-electron chi connectivity index (χ4n) is 2.49. The molecule has 1 saturated carbocycles. The first-order valence-corrected chi connectivity index (χ1v) is 6.77. The summed E-state index contributed by atoms with van der Waals surface area (Å²) in [6, 6.07) is 17.9. The van der Waals surface area contributed by atoms with E-state index in [0.29, 0.717) is 6.61 Å². The SMILES string of the molecule is OC1(c2ccccc2OCc2ccccc2)CCC1. The van der Waals surface area contributed by atoms with Crippen molar-refractivity contribution in [1.82, 2.24) is 0 Å². The molecule has 0 heterocycles. The molecular formula is C17H18O2. The molecule has 1 fully saturated rings. The van der Waals surface area contributed by atoms with Gasteiger partial charge in [0.1, 0.15) is 12.4 Å². The Hall–Kier alpha value is -1.80. The average Bonchev–Trinajstić information content (AvgIpc) is 2.44. The summed E-state index contributed by atoms with van der Waals surface area (Å²) in [4.78, 5) is 0. The van der Waals surface area contributed by atoms with Gasteiger partial charge in [0.15, 0.2) is 0 Å². The third-order valence-electron chi connectivity index (χ3n) is 3.81. The van der Waals surface area contributed by atoms with Crippen LogP contribution in [0.15, 0.2) is 54.6 Å². The van der Waals surface area contributed by atoms with Crippen molar-refractivity contribution in [2.24, 2.45) is 0 Å². The third-order valence-corrected chi connectivity index (χ3v) is 3.81. The molecule has 19 heavy (non-hydrogen) atoms. The quantitative estimate of drug-likeness (QED) is 0.902. The lowest BCUT2D eigenvalue weighted by Crippen LogP contribution is -2.34. The molecule has 1 aliphatic rings. The number of benzene rings is 2. The summed E-state index contributed by atoms with van der Waals surface area (Å²) in [5, 5.41) is 10.5. The molecule has 2 aromatic rings. The maximum atomic E-state index is 10.5. The van der Waals surface area contributed by atoms with Crippen LogP contribution in [0, 0.1) is 0 Å². The molecule has 0 spiro atoms. The minimum atomic E-state index is -0.673. The minimum absolute atomic E-state index is 0.536. The van der Waals surface area contributed by atoms with Gasteiger partial charge in [-0.05, 0) is 30.9 Å². The van der Waals surface area contributed by atoms with E-state index >= 15 is 0 Å². The largest absolute Gasteiger partial charge is 0.489 e. The smallest absolute Gasteiger partial charge is 0.125 e. The third kappa shape index (κ3) is 2.49. The van der Waals surface area contributed by atoms with E-state index in [-0.39, 0.29) is 0 Å². The number of ether oxygens (including phenoxy) is 1. The molecule has 2 heteroatoms. The van der Waals surface area contributed by atoms with Crippen molar-refractivity contribution in [2.45, 2.75) is 31.5 Å². The van der Waals surface area contributed by atoms with Gasteiger partial charge in [-0.1, -0.05) is 48.5 Å². The van der Waals surface area contributed by atoms with Crippen LogP contribution in [-0.2, 0) is 12.2 Å². The first-order valence-electron chi connectivity index (χ1n) is 6.77. The summed E-state index contributed by atoms with van der Waals surface area (Å²) < 4.78 is 5.89. The lowest BCUT2D eigenvalue weighted by Gasteiger charge is -2.37. The molecule has 0 aliphatic heterocycles. The second-order valence-corrected chi connectivity index (χ2v) is 5.16. The van der Waals surface area contributed by atoms with Gasteiger partial charge in [-0.2, -0.15) is 0 Å². The predicted octanol–water partition coefficient (Wildman–Crippen LogP) is 3.64. The molecule has 0 aromatic heterocycles. The van der Waals surface area contributed by atoms with Crippen molar-refractivity contribution in [2.75, 3.05) is 0 Å². The molecule has 2 nitrogen and oxygen atoms in total. The van der Waals surface area contributed by atoms with E-state index in [2.05, 4.69) is 0 Å². The van der Waals surface area contributed by atoms with Gasteiger partial charge >= 0.3 is 0 Å². The van der Waals surface area contributed by atoms with Crippen LogP contribution in [0.4, 0.5) is 0 Å². The molecular weight excluding hydrogens is 236 g/mol. The van der Waals surface area contributed by atoms with Gasteiger partial charge in [-0.25, -0.2) is 0 Å². The first-order chi connectivity index (χ1) is 9.28. The summed E-state index contributed by atoms with van der Waals surface area (Å²) in [6.45, 7) is 0.536. The van der Waals surface area contributed by atoms with Crippen LogP contribution >= 0.6 is 0 Å². The van der Waals surface area contributed by atoms with E-state index in [1.54, 1.807) is 0 Å². The number of rotatable bonds is 4. The molecule has 1 aliphatic carbocycles. The molecule has 1 N–H and O–H groups in total. The summed E-state index contributed by atoms with van der Waals surface area (Å²) in [5.74, 6) is 0.800. The maximum absolute atomic E-state index is 10.5. The molecule has 0 saturated heterocycles. The first kappa shape index (κ1) is 12.2. The molecule has 98 valence electrons. The van der Waals surface area contributed by atoms with E-state index in [4.69, 9.17) is 4.74 Å². The lowest BCUT2D eigenvalue weighted by molar-refractivity contribution is -0.0409. The van der Waals surface area contributed by atoms with Crippen LogP contribution in [0.3, 0.4) is 0 Å². The lowest BCUT2D eigenvalue weighted by atomic mass is 9.75. The Bertz CT molecular complexity index is 544. The predicted molar refractivity (Wildman–Crippen MR) is 75.0 cm³/mol. The fraction of sp³-hybridized carbons (Fsp3) is 0.294. The zero-order chi connectivity index (χ0) is 13.1. The van der Waals surface area contributed by atoms with Crippen molar-refractivity contribution in [3.8, 4) is 5.75 Å². The van der Waals surface area contributed by atoms with Gasteiger partial charge in [0.25, 0.3) is 0 Å². The highest BCUT2D eigenvalue weighted by molar-refractivity contribution is 5.39. The summed E-state index contributed by atoms with van der Waals surface area (Å²) in [5.41, 5.74) is 1.39. The van der Waals surface area contributed by atoms with E-state index in [1.807, 2.05) is 54.6 Å². The summed E-state index contributed by atoms with van der Waals surface area (Å²) >= 11 is 0. The zero-order valence-electron chi connectivity index (χ0n) is 10.9. The number of hydrogen-bond acceptors (Lipinski definition) is 2. The Morgan fingerprint density at radius 2 is 1.63 bits per heavy atom. The van der Waals surface area contributed by atoms with Crippen LogP contribution in [0.25, 0.3) is 0 Å². The fourth-order valence-corrected chi connectivity index (χ4v) is 2.49. The number of hydrogen-bond donors (Lipinski definition) is 1.